The van der Waals surface area contributed by atoms with Crippen LogP contribution >= 0.6 is 23.2 Å². The highest BCUT2D eigenvalue weighted by Crippen LogP contribution is 1.77. The standard InChI is InChI=1S/C4H5Cl2NO2/c5-3(8)1-7-2-4(6)9/h7H,1-2H2. The van der Waals surface area contributed by atoms with Crippen LogP contribution in [0.15, 0.2) is 0 Å². The lowest BCUT2D eigenvalue weighted by molar-refractivity contribution is -0.111. The Labute approximate surface area is 62.3 Å². The van der Waals surface area contributed by atoms with Crippen LogP contribution < -0.4 is 5.32 Å². The fourth-order valence-electron chi connectivity index (χ4n) is 0.259. The maximum absolute atomic E-state index is 9.97. The summed E-state index contributed by atoms with van der Waals surface area (Å²) in [7, 11) is 0. The second-order valence-corrected chi connectivity index (χ2v) is 2.16. The molecule has 0 aromatic carbocycles. The van der Waals surface area contributed by atoms with Gasteiger partial charge in [0.2, 0.25) is 10.5 Å². The molecule has 0 saturated carbocycles. The summed E-state index contributed by atoms with van der Waals surface area (Å²) in [6.45, 7) is -0.0555. The zero-order chi connectivity index (χ0) is 7.28. The van der Waals surface area contributed by atoms with Gasteiger partial charge in [-0.15, -0.1) is 0 Å². The molecule has 5 heteroatoms. The van der Waals surface area contributed by atoms with Crippen molar-refractivity contribution in [3.8, 4) is 0 Å². The van der Waals surface area contributed by atoms with Crippen LogP contribution in [0.1, 0.15) is 0 Å². The quantitative estimate of drug-likeness (QED) is 0.609. The number of hydrogen-bond donors (Lipinski definition) is 1. The van der Waals surface area contributed by atoms with Crippen molar-refractivity contribution in [3.05, 3.63) is 0 Å². The van der Waals surface area contributed by atoms with Gasteiger partial charge in [0.25, 0.3) is 0 Å². The maximum Gasteiger partial charge on any atom is 0.235 e. The zero-order valence-corrected chi connectivity index (χ0v) is 6.00. The van der Waals surface area contributed by atoms with Crippen molar-refractivity contribution in [2.45, 2.75) is 0 Å². The van der Waals surface area contributed by atoms with Crippen LogP contribution in [0.25, 0.3) is 0 Å². The minimum atomic E-state index is -0.534. The highest BCUT2D eigenvalue weighted by molar-refractivity contribution is 6.64. The first kappa shape index (κ1) is 8.88. The topological polar surface area (TPSA) is 46.2 Å². The van der Waals surface area contributed by atoms with Crippen LogP contribution in [0.3, 0.4) is 0 Å². The SMILES string of the molecule is O=C(Cl)CNCC(=O)Cl. The number of hydrogen-bond acceptors (Lipinski definition) is 3. The van der Waals surface area contributed by atoms with E-state index < -0.39 is 10.5 Å². The van der Waals surface area contributed by atoms with E-state index in [1.54, 1.807) is 0 Å². The summed E-state index contributed by atoms with van der Waals surface area (Å²) in [5, 5.41) is 1.35. The Bertz CT molecular complexity index is 112. The van der Waals surface area contributed by atoms with Crippen molar-refractivity contribution < 1.29 is 9.59 Å². The molecule has 1 N–H and O–H groups in total. The Morgan fingerprint density at radius 3 is 1.67 bits per heavy atom. The van der Waals surface area contributed by atoms with Crippen LogP contribution in [0.4, 0.5) is 0 Å². The lowest BCUT2D eigenvalue weighted by Gasteiger charge is -1.92. The molecule has 0 aromatic heterocycles. The van der Waals surface area contributed by atoms with E-state index in [9.17, 15) is 9.59 Å². The summed E-state index contributed by atoms with van der Waals surface area (Å²) in [5.74, 6) is 0. The predicted octanol–water partition coefficient (Wildman–Crippen LogP) is 0.107. The van der Waals surface area contributed by atoms with E-state index in [4.69, 9.17) is 23.2 Å². The van der Waals surface area contributed by atoms with Crippen LogP contribution in [-0.2, 0) is 9.59 Å². The van der Waals surface area contributed by atoms with Crippen LogP contribution in [-0.4, -0.2) is 23.6 Å². The van der Waals surface area contributed by atoms with E-state index in [1.807, 2.05) is 0 Å². The summed E-state index contributed by atoms with van der Waals surface area (Å²) < 4.78 is 0. The van der Waals surface area contributed by atoms with E-state index in [1.165, 1.54) is 0 Å². The van der Waals surface area contributed by atoms with Crippen molar-refractivity contribution >= 4 is 33.7 Å². The number of nitrogens with one attached hydrogen (secondary N) is 1. The average Bonchev–Trinajstić information content (AvgIpc) is 1.63. The Kier molecular flexibility index (Phi) is 4.67. The summed E-state index contributed by atoms with van der Waals surface area (Å²) >= 11 is 9.81. The normalized spacial score (nSPS) is 9.11. The first-order valence-corrected chi connectivity index (χ1v) is 2.96. The number of halogens is 2. The second-order valence-electron chi connectivity index (χ2n) is 1.31. The van der Waals surface area contributed by atoms with Gasteiger partial charge in [-0.1, -0.05) is 0 Å². The molecule has 9 heavy (non-hydrogen) atoms. The van der Waals surface area contributed by atoms with Crippen molar-refractivity contribution in [2.24, 2.45) is 0 Å². The molecule has 52 valence electrons. The first-order chi connectivity index (χ1) is 4.13. The largest absolute Gasteiger partial charge is 0.301 e. The van der Waals surface area contributed by atoms with E-state index in [-0.39, 0.29) is 13.1 Å². The van der Waals surface area contributed by atoms with E-state index in [0.717, 1.165) is 0 Å². The van der Waals surface area contributed by atoms with Gasteiger partial charge in [-0.2, -0.15) is 0 Å². The summed E-state index contributed by atoms with van der Waals surface area (Å²) in [6.07, 6.45) is 0. The predicted molar refractivity (Wildman–Crippen MR) is 34.6 cm³/mol. The summed E-state index contributed by atoms with van der Waals surface area (Å²) in [4.78, 5) is 19.9. The molecule has 0 rings (SSSR count). The van der Waals surface area contributed by atoms with E-state index >= 15 is 0 Å². The minimum absolute atomic E-state index is 0.0278. The number of rotatable bonds is 4. The molecule has 0 aliphatic rings. The van der Waals surface area contributed by atoms with E-state index in [0.29, 0.717) is 0 Å². The first-order valence-electron chi connectivity index (χ1n) is 2.20. The molecule has 0 amide bonds. The molecule has 0 spiro atoms. The van der Waals surface area contributed by atoms with Crippen molar-refractivity contribution in [2.75, 3.05) is 13.1 Å². The molecule has 0 aromatic rings. The van der Waals surface area contributed by atoms with Gasteiger partial charge in [-0.05, 0) is 23.2 Å². The highest BCUT2D eigenvalue weighted by Gasteiger charge is 1.96. The maximum atomic E-state index is 9.97. The monoisotopic (exact) mass is 169 g/mol. The lowest BCUT2D eigenvalue weighted by atomic mass is 10.6. The van der Waals surface area contributed by atoms with Gasteiger partial charge in [-0.25, -0.2) is 0 Å². The average molecular weight is 170 g/mol. The van der Waals surface area contributed by atoms with Gasteiger partial charge in [0, 0.05) is 0 Å². The molecule has 0 radical (unpaired) electrons. The smallest absolute Gasteiger partial charge is 0.235 e. The van der Waals surface area contributed by atoms with Crippen LogP contribution in [0.2, 0.25) is 0 Å². The molecule has 0 atom stereocenters. The third-order valence-electron chi connectivity index (χ3n) is 0.528. The third kappa shape index (κ3) is 7.88. The molecule has 0 bridgehead atoms. The molecule has 0 unspecified atom stereocenters. The van der Waals surface area contributed by atoms with Gasteiger partial charge in [0.1, 0.15) is 0 Å². The Balaban J connectivity index is 3.10. The molecule has 0 fully saturated rings. The molecule has 0 heterocycles. The van der Waals surface area contributed by atoms with Gasteiger partial charge < -0.3 is 5.32 Å². The molecule has 0 saturated heterocycles. The van der Waals surface area contributed by atoms with Gasteiger partial charge >= 0.3 is 0 Å². The van der Waals surface area contributed by atoms with Gasteiger partial charge in [0.05, 0.1) is 13.1 Å². The number of carbonyl (C=O) groups is 2. The molecule has 3 nitrogen and oxygen atoms in total. The minimum Gasteiger partial charge on any atom is -0.301 e. The fourth-order valence-corrected chi connectivity index (χ4v) is 0.448. The molecule has 0 aliphatic heterocycles. The molecule has 0 aliphatic carbocycles. The van der Waals surface area contributed by atoms with Gasteiger partial charge in [0.15, 0.2) is 0 Å². The Morgan fingerprint density at radius 2 is 1.44 bits per heavy atom. The highest BCUT2D eigenvalue weighted by atomic mass is 35.5. The van der Waals surface area contributed by atoms with Gasteiger partial charge in [-0.3, -0.25) is 9.59 Å². The second kappa shape index (κ2) is 4.73. The number of carbonyl (C=O) groups excluding carboxylic acids is 2. The van der Waals surface area contributed by atoms with Crippen LogP contribution in [0, 0.1) is 0 Å². The van der Waals surface area contributed by atoms with E-state index in [2.05, 4.69) is 5.32 Å². The lowest BCUT2D eigenvalue weighted by Crippen LogP contribution is -2.24. The summed E-state index contributed by atoms with van der Waals surface area (Å²) in [6, 6.07) is 0. The fraction of sp³-hybridized carbons (Fsp3) is 0.500. The molecular formula is C4H5Cl2NO2. The molecular weight excluding hydrogens is 165 g/mol. The Morgan fingerprint density at radius 1 is 1.11 bits per heavy atom. The Hall–Kier alpha value is -0.120. The van der Waals surface area contributed by atoms with Crippen molar-refractivity contribution in [3.63, 3.8) is 0 Å². The van der Waals surface area contributed by atoms with Crippen molar-refractivity contribution in [1.82, 2.24) is 5.32 Å². The third-order valence-corrected chi connectivity index (χ3v) is 0.795. The van der Waals surface area contributed by atoms with Crippen molar-refractivity contribution in [1.29, 1.82) is 0 Å². The zero-order valence-electron chi connectivity index (χ0n) is 4.49. The van der Waals surface area contributed by atoms with Crippen LogP contribution in [0.5, 0.6) is 0 Å². The summed E-state index contributed by atoms with van der Waals surface area (Å²) in [5.41, 5.74) is 0.